The van der Waals surface area contributed by atoms with Crippen molar-refractivity contribution in [3.63, 3.8) is 0 Å². The van der Waals surface area contributed by atoms with Crippen molar-refractivity contribution < 1.29 is 17.9 Å². The summed E-state index contributed by atoms with van der Waals surface area (Å²) in [5.74, 6) is 0.192. The molecule has 1 unspecified atom stereocenters. The molecule has 0 spiro atoms. The number of ether oxygens (including phenoxy) is 1. The Morgan fingerprint density at radius 1 is 1.05 bits per heavy atom. The summed E-state index contributed by atoms with van der Waals surface area (Å²) in [7, 11) is 0. The van der Waals surface area contributed by atoms with Crippen molar-refractivity contribution in [2.75, 3.05) is 18.4 Å². The van der Waals surface area contributed by atoms with Gasteiger partial charge in [0.1, 0.15) is 12.1 Å². The second-order valence-electron chi connectivity index (χ2n) is 9.97. The predicted octanol–water partition coefficient (Wildman–Crippen LogP) is 9.85. The molecule has 3 aromatic rings. The molecule has 0 aliphatic rings. The molecular formula is C33H44ClF3N4O. The number of rotatable bonds is 15. The Kier molecular flexibility index (Phi) is 15.4. The van der Waals surface area contributed by atoms with Gasteiger partial charge in [-0.3, -0.25) is 0 Å². The van der Waals surface area contributed by atoms with Crippen LogP contribution in [-0.2, 0) is 6.54 Å². The molecule has 2 N–H and O–H groups in total. The van der Waals surface area contributed by atoms with Gasteiger partial charge >= 0.3 is 6.36 Å². The van der Waals surface area contributed by atoms with Crippen molar-refractivity contribution in [1.82, 2.24) is 15.3 Å². The summed E-state index contributed by atoms with van der Waals surface area (Å²) >= 11 is 5.92. The number of allylic oxidation sites excluding steroid dienone is 1. The van der Waals surface area contributed by atoms with Crippen LogP contribution in [0.4, 0.5) is 18.9 Å². The monoisotopic (exact) mass is 604 g/mol. The van der Waals surface area contributed by atoms with Gasteiger partial charge in [-0.2, -0.15) is 0 Å². The van der Waals surface area contributed by atoms with Gasteiger partial charge in [0.15, 0.2) is 0 Å². The molecule has 0 fully saturated rings. The first-order valence-electron chi connectivity index (χ1n) is 14.7. The lowest BCUT2D eigenvalue weighted by Gasteiger charge is -2.17. The van der Waals surface area contributed by atoms with E-state index < -0.39 is 6.36 Å². The van der Waals surface area contributed by atoms with Gasteiger partial charge in [-0.1, -0.05) is 70.4 Å². The molecule has 2 aromatic carbocycles. The Balaban J connectivity index is 0.00000301. The Morgan fingerprint density at radius 2 is 1.83 bits per heavy atom. The number of hydrogen-bond acceptors (Lipinski definition) is 5. The van der Waals surface area contributed by atoms with E-state index in [0.29, 0.717) is 12.5 Å². The highest BCUT2D eigenvalue weighted by atomic mass is 35.5. The molecule has 0 amide bonds. The summed E-state index contributed by atoms with van der Waals surface area (Å²) in [5, 5.41) is 6.94. The molecule has 0 aliphatic heterocycles. The number of alkyl halides is 3. The Morgan fingerprint density at radius 3 is 2.50 bits per heavy atom. The van der Waals surface area contributed by atoms with Crippen molar-refractivity contribution in [3.8, 4) is 17.0 Å². The molecule has 5 nitrogen and oxygen atoms in total. The first kappa shape index (κ1) is 35.1. The molecule has 9 heteroatoms. The van der Waals surface area contributed by atoms with Gasteiger partial charge in [0, 0.05) is 36.1 Å². The van der Waals surface area contributed by atoms with Crippen molar-refractivity contribution >= 4 is 23.4 Å². The summed E-state index contributed by atoms with van der Waals surface area (Å²) in [5.41, 5.74) is 6.33. The molecule has 42 heavy (non-hydrogen) atoms. The van der Waals surface area contributed by atoms with E-state index in [1.54, 1.807) is 18.6 Å². The van der Waals surface area contributed by atoms with Crippen LogP contribution in [0.5, 0.6) is 5.75 Å². The van der Waals surface area contributed by atoms with Crippen molar-refractivity contribution in [1.29, 1.82) is 0 Å². The van der Waals surface area contributed by atoms with E-state index in [9.17, 15) is 13.2 Å². The maximum Gasteiger partial charge on any atom is 0.573 e. The molecule has 1 heterocycles. The van der Waals surface area contributed by atoms with E-state index >= 15 is 0 Å². The number of aromatic nitrogens is 2. The molecule has 0 bridgehead atoms. The van der Waals surface area contributed by atoms with Crippen LogP contribution in [-0.4, -0.2) is 29.4 Å². The van der Waals surface area contributed by atoms with Crippen LogP contribution in [0, 0.1) is 12.8 Å². The predicted molar refractivity (Wildman–Crippen MR) is 169 cm³/mol. The SMILES string of the molecule is CC.CC/C=C\c1c(C)cc(-c2ccncn2)cc1NCCC(C)CCCCNCc1ccc(OC(F)(F)F)c(Cl)c1. The van der Waals surface area contributed by atoms with E-state index in [0.717, 1.165) is 67.7 Å². The van der Waals surface area contributed by atoms with Crippen LogP contribution in [0.2, 0.25) is 5.02 Å². The molecule has 3 rings (SSSR count). The Bertz CT molecular complexity index is 1240. The van der Waals surface area contributed by atoms with Crippen LogP contribution in [0.3, 0.4) is 0 Å². The summed E-state index contributed by atoms with van der Waals surface area (Å²) in [6.45, 7) is 12.8. The molecule has 1 aromatic heterocycles. The van der Waals surface area contributed by atoms with Crippen molar-refractivity contribution in [2.24, 2.45) is 5.92 Å². The largest absolute Gasteiger partial charge is 0.573 e. The second kappa shape index (κ2) is 18.4. The average molecular weight is 605 g/mol. The minimum absolute atomic E-state index is 0.0523. The highest BCUT2D eigenvalue weighted by Crippen LogP contribution is 2.31. The van der Waals surface area contributed by atoms with Crippen LogP contribution in [0.25, 0.3) is 17.3 Å². The number of halogens is 4. The van der Waals surface area contributed by atoms with Gasteiger partial charge in [-0.05, 0) is 80.1 Å². The topological polar surface area (TPSA) is 59.1 Å². The van der Waals surface area contributed by atoms with Gasteiger partial charge in [-0.25, -0.2) is 9.97 Å². The lowest BCUT2D eigenvalue weighted by atomic mass is 9.98. The number of nitrogens with one attached hydrogen (secondary N) is 2. The molecular weight excluding hydrogens is 561 g/mol. The molecule has 0 saturated heterocycles. The van der Waals surface area contributed by atoms with Gasteiger partial charge in [0.05, 0.1) is 10.7 Å². The number of anilines is 1. The fourth-order valence-corrected chi connectivity index (χ4v) is 4.69. The van der Waals surface area contributed by atoms with Gasteiger partial charge < -0.3 is 15.4 Å². The normalized spacial score (nSPS) is 12.1. The minimum atomic E-state index is -4.76. The lowest BCUT2D eigenvalue weighted by molar-refractivity contribution is -0.274. The number of aryl methyl sites for hydroxylation is 1. The Hall–Kier alpha value is -3.10. The molecule has 0 aliphatic carbocycles. The van der Waals surface area contributed by atoms with Crippen LogP contribution in [0.15, 0.2) is 55.0 Å². The average Bonchev–Trinajstić information content (AvgIpc) is 2.96. The van der Waals surface area contributed by atoms with E-state index in [1.807, 2.05) is 19.9 Å². The molecule has 0 saturated carbocycles. The maximum atomic E-state index is 12.4. The first-order valence-corrected chi connectivity index (χ1v) is 15.1. The zero-order valence-electron chi connectivity index (χ0n) is 25.3. The number of benzene rings is 2. The van der Waals surface area contributed by atoms with E-state index in [2.05, 4.69) is 70.4 Å². The van der Waals surface area contributed by atoms with Crippen LogP contribution < -0.4 is 15.4 Å². The van der Waals surface area contributed by atoms with E-state index in [-0.39, 0.29) is 10.8 Å². The van der Waals surface area contributed by atoms with E-state index in [4.69, 9.17) is 11.6 Å². The highest BCUT2D eigenvalue weighted by Gasteiger charge is 2.32. The third-order valence-electron chi connectivity index (χ3n) is 6.59. The standard InChI is InChI=1S/C31H38ClF3N4O.C2H6/c1-4-5-9-26-23(3)17-25(28-13-15-37-21-39-28)19-29(26)38-16-12-22(2)8-6-7-14-36-20-24-10-11-30(27(32)18-24)40-31(33,34)35;1-2/h5,9-11,13,15,17-19,21-22,36,38H,4,6-8,12,14,16,20H2,1-3H3;1-2H3/b9-5-;. The van der Waals surface area contributed by atoms with Crippen LogP contribution >= 0.6 is 11.6 Å². The van der Waals surface area contributed by atoms with E-state index in [1.165, 1.54) is 23.3 Å². The third-order valence-corrected chi connectivity index (χ3v) is 6.88. The van der Waals surface area contributed by atoms with Crippen LogP contribution in [0.1, 0.15) is 76.5 Å². The van der Waals surface area contributed by atoms with Crippen molar-refractivity contribution in [3.05, 3.63) is 76.7 Å². The first-order chi connectivity index (χ1) is 20.2. The lowest BCUT2D eigenvalue weighted by Crippen LogP contribution is -2.18. The van der Waals surface area contributed by atoms with Gasteiger partial charge in [0.25, 0.3) is 0 Å². The molecule has 0 radical (unpaired) electrons. The molecule has 230 valence electrons. The fourth-order valence-electron chi connectivity index (χ4n) is 4.45. The zero-order valence-corrected chi connectivity index (χ0v) is 26.1. The quantitative estimate of drug-likeness (QED) is 0.169. The maximum absolute atomic E-state index is 12.4. The second-order valence-corrected chi connectivity index (χ2v) is 10.4. The highest BCUT2D eigenvalue weighted by molar-refractivity contribution is 6.32. The zero-order chi connectivity index (χ0) is 31.0. The van der Waals surface area contributed by atoms with Gasteiger partial charge in [0.2, 0.25) is 0 Å². The van der Waals surface area contributed by atoms with Crippen molar-refractivity contribution in [2.45, 2.75) is 79.6 Å². The molecule has 1 atom stereocenters. The fraction of sp³-hybridized carbons (Fsp3) is 0.455. The number of nitrogens with zero attached hydrogens (tertiary/aromatic N) is 2. The minimum Gasteiger partial charge on any atom is -0.404 e. The summed E-state index contributed by atoms with van der Waals surface area (Å²) in [4.78, 5) is 8.44. The van der Waals surface area contributed by atoms with Gasteiger partial charge in [-0.15, -0.1) is 13.2 Å². The third kappa shape index (κ3) is 12.4. The smallest absolute Gasteiger partial charge is 0.404 e. The number of hydrogen-bond donors (Lipinski definition) is 2. The Labute approximate surface area is 254 Å². The summed E-state index contributed by atoms with van der Waals surface area (Å²) in [6, 6.07) is 10.6. The summed E-state index contributed by atoms with van der Waals surface area (Å²) in [6.07, 6.45) is 8.24. The summed E-state index contributed by atoms with van der Waals surface area (Å²) < 4.78 is 41.1. The number of unbranched alkanes of at least 4 members (excludes halogenated alkanes) is 1.